The molecule has 0 radical (unpaired) electrons. The van der Waals surface area contributed by atoms with Gasteiger partial charge in [-0.1, -0.05) is 66.7 Å². The van der Waals surface area contributed by atoms with E-state index in [0.29, 0.717) is 11.1 Å². The van der Waals surface area contributed by atoms with Crippen LogP contribution in [0.15, 0.2) is 83.8 Å². The van der Waals surface area contributed by atoms with Crippen LogP contribution >= 0.6 is 11.7 Å². The largest absolute Gasteiger partial charge is 0.348 e. The Bertz CT molecular complexity index is 1290. The summed E-state index contributed by atoms with van der Waals surface area (Å²) in [6.07, 6.45) is 0. The quantitative estimate of drug-likeness (QED) is 0.446. The minimum absolute atomic E-state index is 0.0106. The van der Waals surface area contributed by atoms with Gasteiger partial charge in [0.2, 0.25) is 15.9 Å². The lowest BCUT2D eigenvalue weighted by Gasteiger charge is -2.22. The van der Waals surface area contributed by atoms with Gasteiger partial charge in [-0.05, 0) is 30.2 Å². The fourth-order valence-electron chi connectivity index (χ4n) is 3.26. The van der Waals surface area contributed by atoms with Crippen LogP contribution in [0.4, 0.5) is 0 Å². The Morgan fingerprint density at radius 2 is 1.52 bits per heavy atom. The van der Waals surface area contributed by atoms with Crippen LogP contribution in [0.5, 0.6) is 0 Å². The second kappa shape index (κ2) is 8.93. The number of aromatic nitrogens is 2. The molecule has 9 heteroatoms. The van der Waals surface area contributed by atoms with Gasteiger partial charge in [0.05, 0.1) is 17.8 Å². The SMILES string of the molecule is CC(NC(=O)C(NS(=O)(=O)c1cccc2nsnc12)c1ccccc1)c1ccccc1. The van der Waals surface area contributed by atoms with Crippen LogP contribution in [0.1, 0.15) is 30.1 Å². The highest BCUT2D eigenvalue weighted by molar-refractivity contribution is 7.89. The Morgan fingerprint density at radius 3 is 2.19 bits per heavy atom. The van der Waals surface area contributed by atoms with Crippen molar-refractivity contribution in [2.24, 2.45) is 0 Å². The maximum Gasteiger partial charge on any atom is 0.243 e. The maximum atomic E-state index is 13.2. The smallest absolute Gasteiger partial charge is 0.243 e. The van der Waals surface area contributed by atoms with Crippen LogP contribution < -0.4 is 10.0 Å². The molecule has 31 heavy (non-hydrogen) atoms. The molecule has 0 aliphatic heterocycles. The molecule has 4 aromatic rings. The normalized spacial score (nSPS) is 13.6. The van der Waals surface area contributed by atoms with Crippen LogP contribution in [-0.4, -0.2) is 23.1 Å². The topological polar surface area (TPSA) is 101 Å². The van der Waals surface area contributed by atoms with Gasteiger partial charge in [0.25, 0.3) is 0 Å². The first-order chi connectivity index (χ1) is 15.0. The van der Waals surface area contributed by atoms with Gasteiger partial charge < -0.3 is 5.32 Å². The van der Waals surface area contributed by atoms with Gasteiger partial charge in [-0.25, -0.2) is 8.42 Å². The summed E-state index contributed by atoms with van der Waals surface area (Å²) in [5.74, 6) is -0.449. The van der Waals surface area contributed by atoms with Crippen LogP contribution in [0.2, 0.25) is 0 Å². The van der Waals surface area contributed by atoms with Crippen molar-refractivity contribution in [2.45, 2.75) is 23.9 Å². The highest BCUT2D eigenvalue weighted by atomic mass is 32.2. The second-order valence-corrected chi connectivity index (χ2v) is 9.20. The number of carbonyl (C=O) groups excluding carboxylic acids is 1. The molecule has 0 saturated carbocycles. The number of hydrogen-bond donors (Lipinski definition) is 2. The highest BCUT2D eigenvalue weighted by Gasteiger charge is 2.29. The Labute approximate surface area is 184 Å². The molecule has 3 aromatic carbocycles. The number of benzene rings is 3. The molecule has 1 aromatic heterocycles. The Balaban J connectivity index is 1.66. The van der Waals surface area contributed by atoms with Crippen molar-refractivity contribution in [3.05, 3.63) is 90.0 Å². The van der Waals surface area contributed by atoms with Crippen molar-refractivity contribution in [3.63, 3.8) is 0 Å². The molecule has 2 N–H and O–H groups in total. The number of amides is 1. The van der Waals surface area contributed by atoms with E-state index in [9.17, 15) is 13.2 Å². The van der Waals surface area contributed by atoms with Gasteiger partial charge in [-0.15, -0.1) is 0 Å². The Morgan fingerprint density at radius 1 is 0.871 bits per heavy atom. The van der Waals surface area contributed by atoms with E-state index < -0.39 is 22.0 Å². The molecule has 7 nitrogen and oxygen atoms in total. The van der Waals surface area contributed by atoms with Crippen molar-refractivity contribution >= 4 is 38.7 Å². The zero-order valence-corrected chi connectivity index (χ0v) is 18.2. The van der Waals surface area contributed by atoms with E-state index in [-0.39, 0.29) is 16.5 Å². The molecular formula is C22H20N4O3S2. The molecule has 0 aliphatic carbocycles. The number of rotatable bonds is 7. The zero-order valence-electron chi connectivity index (χ0n) is 16.6. The van der Waals surface area contributed by atoms with Gasteiger partial charge >= 0.3 is 0 Å². The van der Waals surface area contributed by atoms with Crippen molar-refractivity contribution in [2.75, 3.05) is 0 Å². The molecule has 0 spiro atoms. The van der Waals surface area contributed by atoms with Gasteiger partial charge in [0, 0.05) is 0 Å². The first-order valence-corrected chi connectivity index (χ1v) is 11.8. The first-order valence-electron chi connectivity index (χ1n) is 9.59. The van der Waals surface area contributed by atoms with Gasteiger partial charge in [0.1, 0.15) is 22.0 Å². The number of sulfonamides is 1. The maximum absolute atomic E-state index is 13.2. The molecule has 158 valence electrons. The number of fused-ring (bicyclic) bond motifs is 1. The standard InChI is InChI=1S/C22H20N4O3S2/c1-15(16-9-4-2-5-10-16)23-22(27)20(17-11-6-3-7-12-17)26-31(28,29)19-14-8-13-18-21(19)25-30-24-18/h2-15,20,26H,1H3,(H,23,27). The third-order valence-corrected chi connectivity index (χ3v) is 6.86. The van der Waals surface area contributed by atoms with Crippen LogP contribution in [0.3, 0.4) is 0 Å². The Hall–Kier alpha value is -3.14. The average Bonchev–Trinajstić information content (AvgIpc) is 3.27. The lowest BCUT2D eigenvalue weighted by Crippen LogP contribution is -2.41. The van der Waals surface area contributed by atoms with Gasteiger partial charge in [-0.2, -0.15) is 13.5 Å². The first kappa shape index (κ1) is 21.1. The summed E-state index contributed by atoms with van der Waals surface area (Å²) in [4.78, 5) is 13.2. The van der Waals surface area contributed by atoms with Crippen molar-refractivity contribution in [1.82, 2.24) is 18.8 Å². The highest BCUT2D eigenvalue weighted by Crippen LogP contribution is 2.24. The van der Waals surface area contributed by atoms with E-state index in [1.54, 1.807) is 42.5 Å². The molecule has 1 amide bonds. The van der Waals surface area contributed by atoms with E-state index in [4.69, 9.17) is 0 Å². The Kier molecular flexibility index (Phi) is 6.08. The van der Waals surface area contributed by atoms with Gasteiger partial charge in [0.15, 0.2) is 0 Å². The second-order valence-electron chi connectivity index (χ2n) is 6.99. The van der Waals surface area contributed by atoms with E-state index in [1.165, 1.54) is 6.07 Å². The minimum atomic E-state index is -4.06. The molecule has 0 saturated heterocycles. The number of hydrogen-bond acceptors (Lipinski definition) is 6. The zero-order chi connectivity index (χ0) is 21.8. The van der Waals surface area contributed by atoms with Gasteiger partial charge in [-0.3, -0.25) is 4.79 Å². The fraction of sp³-hybridized carbons (Fsp3) is 0.136. The molecule has 1 heterocycles. The lowest BCUT2D eigenvalue weighted by atomic mass is 10.1. The van der Waals surface area contributed by atoms with E-state index in [1.807, 2.05) is 37.3 Å². The lowest BCUT2D eigenvalue weighted by molar-refractivity contribution is -0.123. The number of nitrogens with zero attached hydrogens (tertiary/aromatic N) is 2. The van der Waals surface area contributed by atoms with E-state index in [2.05, 4.69) is 18.8 Å². The van der Waals surface area contributed by atoms with Crippen LogP contribution in [-0.2, 0) is 14.8 Å². The number of nitrogens with one attached hydrogen (secondary N) is 2. The summed E-state index contributed by atoms with van der Waals surface area (Å²) in [5, 5.41) is 2.91. The van der Waals surface area contributed by atoms with E-state index >= 15 is 0 Å². The molecule has 0 fully saturated rings. The minimum Gasteiger partial charge on any atom is -0.348 e. The molecule has 0 bridgehead atoms. The molecule has 4 rings (SSSR count). The molecule has 0 aliphatic rings. The summed E-state index contributed by atoms with van der Waals surface area (Å²) in [5.41, 5.74) is 2.23. The molecule has 2 atom stereocenters. The van der Waals surface area contributed by atoms with Crippen molar-refractivity contribution < 1.29 is 13.2 Å². The predicted molar refractivity (Wildman–Crippen MR) is 120 cm³/mol. The summed E-state index contributed by atoms with van der Waals surface area (Å²) >= 11 is 0.939. The monoisotopic (exact) mass is 452 g/mol. The fourth-order valence-corrected chi connectivity index (χ4v) is 5.21. The summed E-state index contributed by atoms with van der Waals surface area (Å²) < 4.78 is 37.2. The number of carbonyl (C=O) groups is 1. The molecule has 2 unspecified atom stereocenters. The van der Waals surface area contributed by atoms with Crippen molar-refractivity contribution in [1.29, 1.82) is 0 Å². The van der Waals surface area contributed by atoms with Crippen molar-refractivity contribution in [3.8, 4) is 0 Å². The van der Waals surface area contributed by atoms with Crippen LogP contribution in [0.25, 0.3) is 11.0 Å². The average molecular weight is 453 g/mol. The van der Waals surface area contributed by atoms with Crippen LogP contribution in [0, 0.1) is 0 Å². The predicted octanol–water partition coefficient (Wildman–Crippen LogP) is 3.59. The molecular weight excluding hydrogens is 432 g/mol. The third kappa shape index (κ3) is 4.63. The third-order valence-electron chi connectivity index (χ3n) is 4.86. The summed E-state index contributed by atoms with van der Waals surface area (Å²) in [6.45, 7) is 1.85. The summed E-state index contributed by atoms with van der Waals surface area (Å²) in [7, 11) is -4.06. The summed E-state index contributed by atoms with van der Waals surface area (Å²) in [6, 6.07) is 21.6. The van der Waals surface area contributed by atoms with E-state index in [0.717, 1.165) is 17.3 Å².